The van der Waals surface area contributed by atoms with Gasteiger partial charge in [0.1, 0.15) is 5.52 Å². The van der Waals surface area contributed by atoms with E-state index in [2.05, 4.69) is 22.0 Å². The normalized spacial score (nSPS) is 12.0. The predicted octanol–water partition coefficient (Wildman–Crippen LogP) is 4.63. The highest BCUT2D eigenvalue weighted by Crippen LogP contribution is 2.27. The first-order valence-corrected chi connectivity index (χ1v) is 8.45. The number of benzene rings is 1. The number of anilines is 1. The third-order valence-electron chi connectivity index (χ3n) is 3.33. The smallest absolute Gasteiger partial charge is 0.173 e. The third-order valence-corrected chi connectivity index (χ3v) is 4.12. The zero-order valence-corrected chi connectivity index (χ0v) is 14.2. The summed E-state index contributed by atoms with van der Waals surface area (Å²) in [5.41, 5.74) is 3.38. The summed E-state index contributed by atoms with van der Waals surface area (Å²) < 4.78 is 15.3. The Morgan fingerprint density at radius 3 is 3.00 bits per heavy atom. The quantitative estimate of drug-likeness (QED) is 0.435. The largest absolute Gasteiger partial charge is 0.356 e. The number of hydrogen-bond donors (Lipinski definition) is 1. The van der Waals surface area contributed by atoms with E-state index in [-0.39, 0.29) is 5.82 Å². The molecule has 1 aromatic heterocycles. The molecular weight excluding hydrogens is 311 g/mol. The summed E-state index contributed by atoms with van der Waals surface area (Å²) in [6.45, 7) is 9.25. The Morgan fingerprint density at radius 1 is 1.48 bits per heavy atom. The minimum atomic E-state index is -0.318. The monoisotopic (exact) mass is 332 g/mol. The van der Waals surface area contributed by atoms with Gasteiger partial charge in [0.2, 0.25) is 0 Å². The molecule has 0 aliphatic carbocycles. The second-order valence-electron chi connectivity index (χ2n) is 4.86. The molecule has 0 aliphatic rings. The number of thiazole rings is 1. The molecule has 0 bridgehead atoms. The van der Waals surface area contributed by atoms with Crippen molar-refractivity contribution in [3.05, 3.63) is 47.9 Å². The lowest BCUT2D eigenvalue weighted by atomic mass is 10.2. The molecule has 0 atom stereocenters. The average molecular weight is 332 g/mol. The molecule has 0 aliphatic heterocycles. The van der Waals surface area contributed by atoms with Gasteiger partial charge in [-0.1, -0.05) is 13.0 Å². The van der Waals surface area contributed by atoms with Crippen LogP contribution in [-0.2, 0) is 0 Å². The molecule has 122 valence electrons. The third kappa shape index (κ3) is 4.39. The Morgan fingerprint density at radius 2 is 2.30 bits per heavy atom. The zero-order valence-electron chi connectivity index (χ0n) is 13.4. The summed E-state index contributed by atoms with van der Waals surface area (Å²) in [5, 5.41) is 9.35. The van der Waals surface area contributed by atoms with Gasteiger partial charge < -0.3 is 5.32 Å². The molecule has 0 saturated carbocycles. The van der Waals surface area contributed by atoms with Gasteiger partial charge in [-0.05, 0) is 31.6 Å². The standard InChI is InChI=1S/C17H21FN4S/c1-4-11-22(6-3)20-10-9-13(5-2)21-14-7-8-15-17(16(14)18)19-12-23-15/h4,7-10,12,21H,1,5-6,11H2,2-3H3/b13-9+,20-10-. The van der Waals surface area contributed by atoms with Gasteiger partial charge in [-0.15, -0.1) is 17.9 Å². The fraction of sp³-hybridized carbons (Fsp3) is 0.294. The van der Waals surface area contributed by atoms with Crippen molar-refractivity contribution >= 4 is 33.5 Å². The summed E-state index contributed by atoms with van der Waals surface area (Å²) in [4.78, 5) is 4.07. The first kappa shape index (κ1) is 17.1. The fourth-order valence-electron chi connectivity index (χ4n) is 2.04. The first-order valence-electron chi connectivity index (χ1n) is 7.57. The Balaban J connectivity index is 2.14. The first-order chi connectivity index (χ1) is 11.2. The highest BCUT2D eigenvalue weighted by molar-refractivity contribution is 7.16. The van der Waals surface area contributed by atoms with Crippen molar-refractivity contribution in [2.45, 2.75) is 20.3 Å². The van der Waals surface area contributed by atoms with Crippen molar-refractivity contribution in [2.24, 2.45) is 5.10 Å². The molecule has 2 rings (SSSR count). The van der Waals surface area contributed by atoms with Crippen LogP contribution >= 0.6 is 11.3 Å². The number of rotatable bonds is 8. The lowest BCUT2D eigenvalue weighted by Crippen LogP contribution is -2.16. The van der Waals surface area contributed by atoms with Crippen LogP contribution in [0.2, 0.25) is 0 Å². The van der Waals surface area contributed by atoms with Crippen molar-refractivity contribution in [3.8, 4) is 0 Å². The lowest BCUT2D eigenvalue weighted by Gasteiger charge is -2.13. The van der Waals surface area contributed by atoms with E-state index < -0.39 is 0 Å². The van der Waals surface area contributed by atoms with Crippen molar-refractivity contribution in [2.75, 3.05) is 18.4 Å². The van der Waals surface area contributed by atoms with Gasteiger partial charge in [0.05, 0.1) is 22.4 Å². The molecule has 0 amide bonds. The highest BCUT2D eigenvalue weighted by Gasteiger charge is 2.10. The molecule has 0 radical (unpaired) electrons. The van der Waals surface area contributed by atoms with Crippen LogP contribution in [0.15, 0.2) is 47.2 Å². The Labute approximate surface area is 140 Å². The van der Waals surface area contributed by atoms with Crippen LogP contribution in [0.4, 0.5) is 10.1 Å². The number of fused-ring (bicyclic) bond motifs is 1. The van der Waals surface area contributed by atoms with Gasteiger partial charge in [-0.2, -0.15) is 5.10 Å². The Kier molecular flexibility index (Phi) is 6.29. The SMILES string of the molecule is C=CCN(CC)/N=C\C=C(/CC)Nc1ccc2scnc2c1F. The number of hydrazone groups is 1. The van der Waals surface area contributed by atoms with E-state index in [0.717, 1.165) is 23.4 Å². The number of hydrogen-bond acceptors (Lipinski definition) is 5. The molecule has 23 heavy (non-hydrogen) atoms. The molecule has 1 N–H and O–H groups in total. The van der Waals surface area contributed by atoms with Gasteiger partial charge in [-0.25, -0.2) is 9.37 Å². The zero-order chi connectivity index (χ0) is 16.7. The Hall–Kier alpha value is -2.21. The van der Waals surface area contributed by atoms with Gasteiger partial charge in [0.25, 0.3) is 0 Å². The fourth-order valence-corrected chi connectivity index (χ4v) is 2.71. The Bertz CT molecular complexity index is 720. The van der Waals surface area contributed by atoms with E-state index in [1.807, 2.05) is 37.1 Å². The molecule has 1 heterocycles. The van der Waals surface area contributed by atoms with Crippen molar-refractivity contribution < 1.29 is 4.39 Å². The number of nitrogens with one attached hydrogen (secondary N) is 1. The van der Waals surface area contributed by atoms with Crippen LogP contribution in [0, 0.1) is 5.82 Å². The maximum atomic E-state index is 14.4. The number of aromatic nitrogens is 1. The van der Waals surface area contributed by atoms with E-state index in [0.29, 0.717) is 17.7 Å². The summed E-state index contributed by atoms with van der Waals surface area (Å²) in [7, 11) is 0. The predicted molar refractivity (Wildman–Crippen MR) is 97.5 cm³/mol. The molecule has 2 aromatic rings. The number of allylic oxidation sites excluding steroid dienone is 2. The van der Waals surface area contributed by atoms with Crippen molar-refractivity contribution in [1.29, 1.82) is 0 Å². The maximum Gasteiger partial charge on any atom is 0.173 e. The molecule has 0 unspecified atom stereocenters. The minimum absolute atomic E-state index is 0.318. The van der Waals surface area contributed by atoms with Gasteiger partial charge in [-0.3, -0.25) is 5.01 Å². The molecule has 6 heteroatoms. The topological polar surface area (TPSA) is 40.5 Å². The summed E-state index contributed by atoms with van der Waals surface area (Å²) >= 11 is 1.43. The van der Waals surface area contributed by atoms with Crippen LogP contribution in [0.3, 0.4) is 0 Å². The molecule has 0 fully saturated rings. The lowest BCUT2D eigenvalue weighted by molar-refractivity contribution is 0.340. The number of halogens is 1. The number of nitrogens with zero attached hydrogens (tertiary/aromatic N) is 3. The average Bonchev–Trinajstić information content (AvgIpc) is 3.04. The molecule has 0 saturated heterocycles. The summed E-state index contributed by atoms with van der Waals surface area (Å²) in [5.74, 6) is -0.318. The second-order valence-corrected chi connectivity index (χ2v) is 5.74. The van der Waals surface area contributed by atoms with Crippen molar-refractivity contribution in [1.82, 2.24) is 9.99 Å². The van der Waals surface area contributed by atoms with E-state index in [1.165, 1.54) is 11.3 Å². The van der Waals surface area contributed by atoms with Gasteiger partial charge >= 0.3 is 0 Å². The molecule has 1 aromatic carbocycles. The number of likely N-dealkylation sites (N-methyl/N-ethyl adjacent to an activating group) is 1. The van der Waals surface area contributed by atoms with Crippen LogP contribution in [0.5, 0.6) is 0 Å². The van der Waals surface area contributed by atoms with Crippen molar-refractivity contribution in [3.63, 3.8) is 0 Å². The highest BCUT2D eigenvalue weighted by atomic mass is 32.1. The minimum Gasteiger partial charge on any atom is -0.356 e. The summed E-state index contributed by atoms with van der Waals surface area (Å²) in [6, 6.07) is 3.62. The van der Waals surface area contributed by atoms with E-state index >= 15 is 0 Å². The van der Waals surface area contributed by atoms with Crippen LogP contribution in [0.25, 0.3) is 10.2 Å². The van der Waals surface area contributed by atoms with Gasteiger partial charge in [0, 0.05) is 18.5 Å². The molecule has 0 spiro atoms. The van der Waals surface area contributed by atoms with Crippen LogP contribution in [-0.4, -0.2) is 29.3 Å². The van der Waals surface area contributed by atoms with E-state index in [4.69, 9.17) is 0 Å². The molecule has 4 nitrogen and oxygen atoms in total. The van der Waals surface area contributed by atoms with Crippen LogP contribution < -0.4 is 5.32 Å². The second kappa shape index (κ2) is 8.43. The van der Waals surface area contributed by atoms with E-state index in [9.17, 15) is 4.39 Å². The summed E-state index contributed by atoms with van der Waals surface area (Å²) in [6.07, 6.45) is 6.13. The molecular formula is C17H21FN4S. The van der Waals surface area contributed by atoms with Gasteiger partial charge in [0.15, 0.2) is 5.82 Å². The van der Waals surface area contributed by atoms with E-state index in [1.54, 1.807) is 17.8 Å². The maximum absolute atomic E-state index is 14.4. The van der Waals surface area contributed by atoms with Crippen LogP contribution in [0.1, 0.15) is 20.3 Å².